The number of nitrogens with zero attached hydrogens (tertiary/aromatic N) is 1. The Balaban J connectivity index is 2.93. The lowest BCUT2D eigenvalue weighted by Crippen LogP contribution is -2.47. The number of nitriles is 1. The molecule has 0 radical (unpaired) electrons. The Kier molecular flexibility index (Phi) is 5.29. The number of ether oxygens (including phenoxy) is 2. The minimum absolute atomic E-state index is 0.0651. The van der Waals surface area contributed by atoms with Crippen molar-refractivity contribution in [3.8, 4) is 6.07 Å². The van der Waals surface area contributed by atoms with Gasteiger partial charge in [-0.15, -0.1) is 0 Å². The molecule has 1 aliphatic rings. The molecule has 2 unspecified atom stereocenters. The average molecular weight is 253 g/mol. The normalized spacial score (nSPS) is 21.9. The second-order valence-corrected chi connectivity index (χ2v) is 4.70. The lowest BCUT2D eigenvalue weighted by atomic mass is 9.84. The molecule has 100 valence electrons. The molecule has 18 heavy (non-hydrogen) atoms. The zero-order valence-corrected chi connectivity index (χ0v) is 10.9. The van der Waals surface area contributed by atoms with Crippen molar-refractivity contribution < 1.29 is 19.1 Å². The summed E-state index contributed by atoms with van der Waals surface area (Å²) in [7, 11) is 0. The van der Waals surface area contributed by atoms with E-state index >= 15 is 0 Å². The Bertz CT molecular complexity index is 336. The van der Waals surface area contributed by atoms with Crippen LogP contribution >= 0.6 is 0 Å². The third-order valence-corrected chi connectivity index (χ3v) is 3.07. The van der Waals surface area contributed by atoms with Gasteiger partial charge in [0.1, 0.15) is 11.4 Å². The van der Waals surface area contributed by atoms with Crippen molar-refractivity contribution in [1.82, 2.24) is 0 Å². The van der Waals surface area contributed by atoms with Crippen LogP contribution in [0, 0.1) is 11.3 Å². The second kappa shape index (κ2) is 6.50. The van der Waals surface area contributed by atoms with Gasteiger partial charge in [0.2, 0.25) is 0 Å². The van der Waals surface area contributed by atoms with Crippen molar-refractivity contribution in [1.29, 1.82) is 5.26 Å². The van der Waals surface area contributed by atoms with Crippen molar-refractivity contribution >= 4 is 11.8 Å². The summed E-state index contributed by atoms with van der Waals surface area (Å²) in [6.45, 7) is 3.38. The maximum Gasteiger partial charge on any atom is 0.303 e. The molecule has 0 aliphatic carbocycles. The van der Waals surface area contributed by atoms with Gasteiger partial charge in [-0.1, -0.05) is 0 Å². The van der Waals surface area contributed by atoms with E-state index < -0.39 is 11.6 Å². The molecule has 1 saturated heterocycles. The van der Waals surface area contributed by atoms with E-state index in [-0.39, 0.29) is 24.7 Å². The van der Waals surface area contributed by atoms with E-state index in [1.165, 1.54) is 13.8 Å². The van der Waals surface area contributed by atoms with Crippen molar-refractivity contribution in [2.24, 2.45) is 0 Å². The topological polar surface area (TPSA) is 76.4 Å². The van der Waals surface area contributed by atoms with E-state index in [9.17, 15) is 9.59 Å². The Morgan fingerprint density at radius 2 is 2.22 bits per heavy atom. The first kappa shape index (κ1) is 14.7. The summed E-state index contributed by atoms with van der Waals surface area (Å²) >= 11 is 0. The van der Waals surface area contributed by atoms with Crippen LogP contribution in [0.25, 0.3) is 0 Å². The maximum absolute atomic E-state index is 11.4. The number of hydrogen-bond acceptors (Lipinski definition) is 5. The van der Waals surface area contributed by atoms with Crippen LogP contribution in [0.1, 0.15) is 46.0 Å². The molecule has 0 N–H and O–H groups in total. The van der Waals surface area contributed by atoms with Crippen LogP contribution in [0.15, 0.2) is 0 Å². The predicted octanol–water partition coefficient (Wildman–Crippen LogP) is 1.75. The Morgan fingerprint density at radius 3 is 2.67 bits per heavy atom. The minimum atomic E-state index is -0.968. The fraction of sp³-hybridized carbons (Fsp3) is 0.769. The van der Waals surface area contributed by atoms with E-state index in [1.54, 1.807) is 0 Å². The van der Waals surface area contributed by atoms with E-state index in [4.69, 9.17) is 14.7 Å². The number of esters is 1. The summed E-state index contributed by atoms with van der Waals surface area (Å²) < 4.78 is 11.0. The molecule has 1 rings (SSSR count). The molecule has 0 saturated carbocycles. The Hall–Kier alpha value is -1.41. The average Bonchev–Trinajstić information content (AvgIpc) is 2.78. The lowest BCUT2D eigenvalue weighted by molar-refractivity contribution is -0.176. The van der Waals surface area contributed by atoms with Gasteiger partial charge in [0, 0.05) is 32.8 Å². The zero-order valence-electron chi connectivity index (χ0n) is 10.9. The molecule has 0 aromatic rings. The first-order valence-electron chi connectivity index (χ1n) is 6.18. The van der Waals surface area contributed by atoms with Gasteiger partial charge in [0.25, 0.3) is 0 Å². The van der Waals surface area contributed by atoms with Gasteiger partial charge in [0.15, 0.2) is 0 Å². The monoisotopic (exact) mass is 253 g/mol. The van der Waals surface area contributed by atoms with Gasteiger partial charge in [-0.05, 0) is 19.8 Å². The maximum atomic E-state index is 11.4. The molecule has 0 aromatic carbocycles. The third kappa shape index (κ3) is 3.81. The molecule has 5 nitrogen and oxygen atoms in total. The molecule has 1 aliphatic heterocycles. The van der Waals surface area contributed by atoms with Gasteiger partial charge >= 0.3 is 5.97 Å². The van der Waals surface area contributed by atoms with E-state index in [0.717, 1.165) is 12.8 Å². The predicted molar refractivity (Wildman–Crippen MR) is 63.6 cm³/mol. The van der Waals surface area contributed by atoms with Crippen molar-refractivity contribution in [2.45, 2.75) is 57.7 Å². The Morgan fingerprint density at radius 1 is 1.50 bits per heavy atom. The second-order valence-electron chi connectivity index (χ2n) is 4.70. The highest BCUT2D eigenvalue weighted by Crippen LogP contribution is 2.34. The molecule has 2 atom stereocenters. The van der Waals surface area contributed by atoms with Gasteiger partial charge < -0.3 is 9.47 Å². The standard InChI is InChI=1S/C13H19NO4/c1-10(15)9-13(6-4-7-14,18-11(2)16)12-5-3-8-17-12/h12H,3-6,8-9H2,1-2H3. The SMILES string of the molecule is CC(=O)CC(CCC#N)(OC(C)=O)C1CCCO1. The largest absolute Gasteiger partial charge is 0.456 e. The summed E-state index contributed by atoms with van der Waals surface area (Å²) in [5.74, 6) is -0.505. The minimum Gasteiger partial charge on any atom is -0.456 e. The van der Waals surface area contributed by atoms with Crippen LogP contribution in [0.3, 0.4) is 0 Å². The first-order chi connectivity index (χ1) is 8.50. The Labute approximate surface area is 107 Å². The zero-order chi connectivity index (χ0) is 13.6. The van der Waals surface area contributed by atoms with Gasteiger partial charge in [0.05, 0.1) is 12.2 Å². The van der Waals surface area contributed by atoms with Crippen molar-refractivity contribution in [2.75, 3.05) is 6.61 Å². The summed E-state index contributed by atoms with van der Waals surface area (Å²) in [4.78, 5) is 22.7. The molecular formula is C13H19NO4. The van der Waals surface area contributed by atoms with Gasteiger partial charge in [-0.3, -0.25) is 9.59 Å². The van der Waals surface area contributed by atoms with Crippen LogP contribution in [0.2, 0.25) is 0 Å². The molecule has 5 heteroatoms. The van der Waals surface area contributed by atoms with Crippen molar-refractivity contribution in [3.05, 3.63) is 0 Å². The van der Waals surface area contributed by atoms with Crippen LogP contribution in [-0.4, -0.2) is 30.1 Å². The van der Waals surface area contributed by atoms with Crippen LogP contribution in [0.4, 0.5) is 0 Å². The van der Waals surface area contributed by atoms with Crippen LogP contribution < -0.4 is 0 Å². The number of rotatable bonds is 6. The first-order valence-corrected chi connectivity index (χ1v) is 6.18. The molecule has 1 heterocycles. The quantitative estimate of drug-likeness (QED) is 0.674. The molecular weight excluding hydrogens is 234 g/mol. The molecule has 1 fully saturated rings. The number of Topliss-reactive ketones (excluding diaryl/α,β-unsaturated/α-hetero) is 1. The molecule has 0 bridgehead atoms. The van der Waals surface area contributed by atoms with Crippen LogP contribution in [0.5, 0.6) is 0 Å². The van der Waals surface area contributed by atoms with Gasteiger partial charge in [-0.25, -0.2) is 0 Å². The highest BCUT2D eigenvalue weighted by molar-refractivity contribution is 5.77. The fourth-order valence-corrected chi connectivity index (χ4v) is 2.48. The summed E-state index contributed by atoms with van der Waals surface area (Å²) in [5, 5.41) is 8.72. The van der Waals surface area contributed by atoms with E-state index in [0.29, 0.717) is 13.0 Å². The van der Waals surface area contributed by atoms with Gasteiger partial charge in [-0.2, -0.15) is 5.26 Å². The number of hydrogen-bond donors (Lipinski definition) is 0. The molecule has 0 spiro atoms. The van der Waals surface area contributed by atoms with Crippen molar-refractivity contribution in [3.63, 3.8) is 0 Å². The fourth-order valence-electron chi connectivity index (χ4n) is 2.48. The third-order valence-electron chi connectivity index (χ3n) is 3.07. The van der Waals surface area contributed by atoms with Crippen LogP contribution in [-0.2, 0) is 19.1 Å². The van der Waals surface area contributed by atoms with E-state index in [2.05, 4.69) is 0 Å². The smallest absolute Gasteiger partial charge is 0.303 e. The highest BCUT2D eigenvalue weighted by Gasteiger charge is 2.45. The van der Waals surface area contributed by atoms with E-state index in [1.807, 2.05) is 6.07 Å². The summed E-state index contributed by atoms with van der Waals surface area (Å²) in [6.07, 6.45) is 2.05. The highest BCUT2D eigenvalue weighted by atomic mass is 16.6. The number of carbonyl (C=O) groups excluding carboxylic acids is 2. The number of carbonyl (C=O) groups is 2. The lowest BCUT2D eigenvalue weighted by Gasteiger charge is -2.36. The summed E-state index contributed by atoms with van der Waals surface area (Å²) in [6, 6.07) is 2.03. The molecule has 0 aromatic heterocycles. The molecule has 0 amide bonds. The number of ketones is 1. The summed E-state index contributed by atoms with van der Waals surface area (Å²) in [5.41, 5.74) is -0.968.